The summed E-state index contributed by atoms with van der Waals surface area (Å²) in [7, 11) is -3.66. The lowest BCUT2D eigenvalue weighted by Gasteiger charge is -2.24. The highest BCUT2D eigenvalue weighted by molar-refractivity contribution is 7.92. The standard InChI is InChI=1S/C24H32N2O6S.ClH/c1-3-4-16-33(29,30)26-23-21(17(2)24(27)28)6-5-7-22(23)32-19-10-8-18(9-11-19)31-20-12-14-25-15-13-20;/h5-11,17,20,25-26H,3-4,12-16H2,1-2H3,(H,27,28);1H. The largest absolute Gasteiger partial charge is 0.490 e. The van der Waals surface area contributed by atoms with Crippen molar-refractivity contribution in [2.24, 2.45) is 0 Å². The van der Waals surface area contributed by atoms with Crippen molar-refractivity contribution in [1.29, 1.82) is 0 Å². The van der Waals surface area contributed by atoms with Gasteiger partial charge in [-0.05, 0) is 75.2 Å². The number of nitrogens with one attached hydrogen (secondary N) is 2. The number of sulfonamides is 1. The molecule has 1 aliphatic rings. The van der Waals surface area contributed by atoms with Gasteiger partial charge in [0.1, 0.15) is 17.6 Å². The molecule has 1 aliphatic heterocycles. The smallest absolute Gasteiger partial charge is 0.310 e. The van der Waals surface area contributed by atoms with E-state index >= 15 is 0 Å². The lowest BCUT2D eigenvalue weighted by molar-refractivity contribution is -0.138. The Morgan fingerprint density at radius 3 is 2.41 bits per heavy atom. The van der Waals surface area contributed by atoms with Gasteiger partial charge in [-0.15, -0.1) is 12.4 Å². The first kappa shape index (κ1) is 27.8. The highest BCUT2D eigenvalue weighted by Gasteiger charge is 2.24. The van der Waals surface area contributed by atoms with Gasteiger partial charge in [0.15, 0.2) is 5.75 Å². The van der Waals surface area contributed by atoms with Gasteiger partial charge in [0.25, 0.3) is 0 Å². The third-order valence-corrected chi connectivity index (χ3v) is 6.90. The number of anilines is 1. The maximum absolute atomic E-state index is 12.6. The summed E-state index contributed by atoms with van der Waals surface area (Å²) < 4.78 is 39.8. The number of benzene rings is 2. The summed E-state index contributed by atoms with van der Waals surface area (Å²) in [6.07, 6.45) is 3.31. The molecule has 0 aromatic heterocycles. The molecule has 1 saturated heterocycles. The van der Waals surface area contributed by atoms with E-state index in [1.807, 2.05) is 19.1 Å². The van der Waals surface area contributed by atoms with Gasteiger partial charge in [0.2, 0.25) is 10.0 Å². The summed E-state index contributed by atoms with van der Waals surface area (Å²) in [4.78, 5) is 11.6. The van der Waals surface area contributed by atoms with Crippen molar-refractivity contribution in [3.05, 3.63) is 48.0 Å². The van der Waals surface area contributed by atoms with Gasteiger partial charge in [0.05, 0.1) is 17.4 Å². The highest BCUT2D eigenvalue weighted by atomic mass is 35.5. The molecule has 188 valence electrons. The van der Waals surface area contributed by atoms with Gasteiger partial charge in [-0.25, -0.2) is 8.42 Å². The third kappa shape index (κ3) is 7.78. The summed E-state index contributed by atoms with van der Waals surface area (Å²) >= 11 is 0. The zero-order chi connectivity index (χ0) is 23.8. The number of carboxylic acids is 1. The van der Waals surface area contributed by atoms with Gasteiger partial charge in [-0.3, -0.25) is 9.52 Å². The Kier molecular flexibility index (Phi) is 10.5. The Morgan fingerprint density at radius 1 is 1.15 bits per heavy atom. The minimum atomic E-state index is -3.66. The van der Waals surface area contributed by atoms with Crippen LogP contribution in [-0.2, 0) is 14.8 Å². The summed E-state index contributed by atoms with van der Waals surface area (Å²) in [6, 6.07) is 12.0. The van der Waals surface area contributed by atoms with Crippen LogP contribution in [0.3, 0.4) is 0 Å². The molecule has 2 aromatic rings. The first-order chi connectivity index (χ1) is 15.8. The number of ether oxygens (including phenoxy) is 2. The molecule has 0 amide bonds. The first-order valence-electron chi connectivity index (χ1n) is 11.3. The third-order valence-electron chi connectivity index (χ3n) is 5.56. The number of rotatable bonds is 11. The molecular weight excluding hydrogens is 480 g/mol. The number of hydrogen-bond donors (Lipinski definition) is 3. The van der Waals surface area contributed by atoms with Crippen molar-refractivity contribution in [3.63, 3.8) is 0 Å². The summed E-state index contributed by atoms with van der Waals surface area (Å²) in [6.45, 7) is 5.29. The fraction of sp³-hybridized carbons (Fsp3) is 0.458. The molecule has 1 fully saturated rings. The second-order valence-electron chi connectivity index (χ2n) is 8.20. The molecule has 0 aliphatic carbocycles. The number of para-hydroxylation sites is 1. The molecule has 3 N–H and O–H groups in total. The van der Waals surface area contributed by atoms with E-state index < -0.39 is 21.9 Å². The topological polar surface area (TPSA) is 114 Å². The van der Waals surface area contributed by atoms with Crippen LogP contribution in [0.5, 0.6) is 17.2 Å². The van der Waals surface area contributed by atoms with E-state index in [0.717, 1.165) is 38.1 Å². The van der Waals surface area contributed by atoms with Crippen molar-refractivity contribution in [2.75, 3.05) is 23.6 Å². The fourth-order valence-electron chi connectivity index (χ4n) is 3.60. The maximum atomic E-state index is 12.6. The van der Waals surface area contributed by atoms with Crippen LogP contribution >= 0.6 is 12.4 Å². The predicted molar refractivity (Wildman–Crippen MR) is 135 cm³/mol. The molecule has 2 aromatic carbocycles. The van der Waals surface area contributed by atoms with Crippen molar-refractivity contribution in [2.45, 2.75) is 51.6 Å². The predicted octanol–water partition coefficient (Wildman–Crippen LogP) is 4.76. The number of halogens is 1. The van der Waals surface area contributed by atoms with Crippen molar-refractivity contribution in [3.8, 4) is 17.2 Å². The normalized spacial score (nSPS) is 15.1. The number of hydrogen-bond acceptors (Lipinski definition) is 6. The van der Waals surface area contributed by atoms with Crippen LogP contribution in [0.15, 0.2) is 42.5 Å². The zero-order valence-corrected chi connectivity index (χ0v) is 21.1. The molecular formula is C24H33ClN2O6S. The van der Waals surface area contributed by atoms with Gasteiger partial charge in [0, 0.05) is 0 Å². The number of aliphatic carboxylic acids is 1. The molecule has 0 radical (unpaired) electrons. The molecule has 8 nitrogen and oxygen atoms in total. The van der Waals surface area contributed by atoms with Crippen molar-refractivity contribution >= 4 is 34.1 Å². The second kappa shape index (κ2) is 12.8. The number of piperidine rings is 1. The number of carboxylic acid groups (broad SMARTS) is 1. The summed E-state index contributed by atoms with van der Waals surface area (Å²) in [5.74, 6) is -0.558. The van der Waals surface area contributed by atoms with E-state index in [4.69, 9.17) is 9.47 Å². The van der Waals surface area contributed by atoms with E-state index in [2.05, 4.69) is 10.0 Å². The minimum Gasteiger partial charge on any atom is -0.490 e. The summed E-state index contributed by atoms with van der Waals surface area (Å²) in [5, 5.41) is 12.8. The molecule has 0 bridgehead atoms. The van der Waals surface area contributed by atoms with E-state index in [1.54, 1.807) is 30.3 Å². The van der Waals surface area contributed by atoms with E-state index in [-0.39, 0.29) is 35.7 Å². The Bertz CT molecular complexity index is 1040. The SMILES string of the molecule is CCCCS(=O)(=O)Nc1c(Oc2ccc(OC3CCNCC3)cc2)cccc1C(C)C(=O)O.Cl. The molecule has 0 saturated carbocycles. The molecule has 3 rings (SSSR count). The lowest BCUT2D eigenvalue weighted by Crippen LogP contribution is -2.34. The first-order valence-corrected chi connectivity index (χ1v) is 13.0. The Morgan fingerprint density at radius 2 is 1.79 bits per heavy atom. The Balaban J connectivity index is 0.00000408. The molecule has 1 heterocycles. The monoisotopic (exact) mass is 512 g/mol. The maximum Gasteiger partial charge on any atom is 0.310 e. The number of carbonyl (C=O) groups is 1. The summed E-state index contributed by atoms with van der Waals surface area (Å²) in [5.41, 5.74) is 0.490. The Hall–Kier alpha value is -2.49. The molecule has 10 heteroatoms. The van der Waals surface area contributed by atoms with E-state index in [0.29, 0.717) is 17.7 Å². The fourth-order valence-corrected chi connectivity index (χ4v) is 4.90. The van der Waals surface area contributed by atoms with Crippen LogP contribution in [0.25, 0.3) is 0 Å². The van der Waals surface area contributed by atoms with Gasteiger partial charge in [-0.1, -0.05) is 25.5 Å². The number of unbranched alkanes of at least 4 members (excludes halogenated alkanes) is 1. The van der Waals surface area contributed by atoms with E-state index in [9.17, 15) is 18.3 Å². The zero-order valence-electron chi connectivity index (χ0n) is 19.5. The van der Waals surface area contributed by atoms with Gasteiger partial charge < -0.3 is 19.9 Å². The average molecular weight is 513 g/mol. The van der Waals surface area contributed by atoms with E-state index in [1.165, 1.54) is 6.92 Å². The van der Waals surface area contributed by atoms with Crippen LogP contribution in [0.1, 0.15) is 51.0 Å². The van der Waals surface area contributed by atoms with Crippen LogP contribution in [-0.4, -0.2) is 44.4 Å². The van der Waals surface area contributed by atoms with Crippen LogP contribution in [0, 0.1) is 0 Å². The van der Waals surface area contributed by atoms with Crippen molar-refractivity contribution < 1.29 is 27.8 Å². The molecule has 0 spiro atoms. The Labute approximate surface area is 207 Å². The van der Waals surface area contributed by atoms with Gasteiger partial charge >= 0.3 is 5.97 Å². The average Bonchev–Trinajstić information content (AvgIpc) is 2.80. The molecule has 1 unspecified atom stereocenters. The van der Waals surface area contributed by atoms with Crippen LogP contribution in [0.2, 0.25) is 0 Å². The second-order valence-corrected chi connectivity index (χ2v) is 10.0. The van der Waals surface area contributed by atoms with Crippen LogP contribution in [0.4, 0.5) is 5.69 Å². The quantitative estimate of drug-likeness (QED) is 0.397. The van der Waals surface area contributed by atoms with Gasteiger partial charge in [-0.2, -0.15) is 0 Å². The van der Waals surface area contributed by atoms with Crippen molar-refractivity contribution in [1.82, 2.24) is 5.32 Å². The molecule has 1 atom stereocenters. The minimum absolute atomic E-state index is 0. The molecule has 34 heavy (non-hydrogen) atoms. The van der Waals surface area contributed by atoms with Crippen LogP contribution < -0.4 is 19.5 Å². The highest BCUT2D eigenvalue weighted by Crippen LogP contribution is 2.37. The lowest BCUT2D eigenvalue weighted by atomic mass is 9.99.